The van der Waals surface area contributed by atoms with Gasteiger partial charge in [0.2, 0.25) is 0 Å². The fourth-order valence-electron chi connectivity index (χ4n) is 3.31. The third-order valence-corrected chi connectivity index (χ3v) is 4.59. The molecule has 0 amide bonds. The highest BCUT2D eigenvalue weighted by Gasteiger charge is 2.56. The predicted octanol–water partition coefficient (Wildman–Crippen LogP) is 1.73. The van der Waals surface area contributed by atoms with Crippen LogP contribution >= 0.6 is 0 Å². The first-order valence-electron chi connectivity index (χ1n) is 6.84. The molecule has 0 aromatic heterocycles. The number of fused-ring (bicyclic) bond motifs is 2. The van der Waals surface area contributed by atoms with Crippen LogP contribution in [0.3, 0.4) is 0 Å². The lowest BCUT2D eigenvalue weighted by Crippen LogP contribution is -2.32. The topological polar surface area (TPSA) is 59.1 Å². The van der Waals surface area contributed by atoms with Crippen LogP contribution in [0.5, 0.6) is 0 Å². The van der Waals surface area contributed by atoms with Gasteiger partial charge in [-0.2, -0.15) is 0 Å². The Hall–Kier alpha value is -1.13. The third kappa shape index (κ3) is 2.13. The predicted molar refractivity (Wildman–Crippen MR) is 69.4 cm³/mol. The molecule has 4 heteroatoms. The largest absolute Gasteiger partial charge is 0.458 e. The Labute approximate surface area is 113 Å². The molecule has 0 spiro atoms. The van der Waals surface area contributed by atoms with Gasteiger partial charge in [-0.3, -0.25) is 0 Å². The van der Waals surface area contributed by atoms with Crippen molar-refractivity contribution in [1.29, 1.82) is 0 Å². The van der Waals surface area contributed by atoms with Gasteiger partial charge in [0.05, 0.1) is 23.7 Å². The van der Waals surface area contributed by atoms with Gasteiger partial charge in [0.15, 0.2) is 0 Å². The molecule has 19 heavy (non-hydrogen) atoms. The average Bonchev–Trinajstić information content (AvgIpc) is 2.87. The van der Waals surface area contributed by atoms with Crippen LogP contribution in [0.2, 0.25) is 0 Å². The van der Waals surface area contributed by atoms with Crippen LogP contribution in [0.15, 0.2) is 23.8 Å². The van der Waals surface area contributed by atoms with E-state index >= 15 is 0 Å². The van der Waals surface area contributed by atoms with Gasteiger partial charge in [0.25, 0.3) is 0 Å². The summed E-state index contributed by atoms with van der Waals surface area (Å²) in [6.07, 6.45) is 3.54. The number of carbonyl (C=O) groups is 1. The number of rotatable bonds is 0. The zero-order valence-electron chi connectivity index (χ0n) is 11.4. The summed E-state index contributed by atoms with van der Waals surface area (Å²) < 4.78 is 11.1. The molecule has 2 aliphatic heterocycles. The zero-order valence-corrected chi connectivity index (χ0v) is 11.4. The van der Waals surface area contributed by atoms with E-state index in [1.165, 1.54) is 0 Å². The minimum atomic E-state index is -0.706. The number of esters is 1. The van der Waals surface area contributed by atoms with Crippen molar-refractivity contribution in [2.75, 3.05) is 0 Å². The van der Waals surface area contributed by atoms with Crippen LogP contribution in [0, 0.1) is 5.92 Å². The first-order valence-corrected chi connectivity index (χ1v) is 6.84. The quantitative estimate of drug-likeness (QED) is 0.313. The second-order valence-electron chi connectivity index (χ2n) is 6.16. The second kappa shape index (κ2) is 4.18. The summed E-state index contributed by atoms with van der Waals surface area (Å²) >= 11 is 0. The number of hydrogen-bond acceptors (Lipinski definition) is 4. The van der Waals surface area contributed by atoms with E-state index in [-0.39, 0.29) is 29.7 Å². The molecule has 0 saturated carbocycles. The highest BCUT2D eigenvalue weighted by atomic mass is 16.6. The summed E-state index contributed by atoms with van der Waals surface area (Å²) in [5.41, 5.74) is 1.28. The van der Waals surface area contributed by atoms with Gasteiger partial charge in [0, 0.05) is 12.0 Å². The van der Waals surface area contributed by atoms with E-state index < -0.39 is 6.10 Å². The van der Waals surface area contributed by atoms with E-state index in [4.69, 9.17) is 9.47 Å². The zero-order chi connectivity index (χ0) is 13.8. The normalized spacial score (nSPS) is 45.9. The monoisotopic (exact) mass is 264 g/mol. The summed E-state index contributed by atoms with van der Waals surface area (Å²) in [4.78, 5) is 11.7. The number of allylic oxidation sites excluding steroid dienone is 1. The van der Waals surface area contributed by atoms with Gasteiger partial charge in [0.1, 0.15) is 6.10 Å². The molecule has 2 saturated heterocycles. The lowest BCUT2D eigenvalue weighted by Gasteiger charge is -2.24. The molecule has 5 atom stereocenters. The summed E-state index contributed by atoms with van der Waals surface area (Å²) in [7, 11) is 0. The van der Waals surface area contributed by atoms with E-state index in [2.05, 4.69) is 13.5 Å². The highest BCUT2D eigenvalue weighted by Crippen LogP contribution is 2.47. The molecule has 1 aliphatic carbocycles. The molecule has 3 rings (SSSR count). The highest BCUT2D eigenvalue weighted by molar-refractivity contribution is 5.91. The summed E-state index contributed by atoms with van der Waals surface area (Å²) in [5, 5.41) is 10.3. The Morgan fingerprint density at radius 1 is 1.53 bits per heavy atom. The maximum Gasteiger partial charge on any atom is 0.334 e. The summed E-state index contributed by atoms with van der Waals surface area (Å²) in [6, 6.07) is 0. The molecule has 3 aliphatic rings. The SMILES string of the molecule is C=C1C(=O)OC2CC3(C)OC3CCC(C)=CC(O)C12. The smallest absolute Gasteiger partial charge is 0.334 e. The molecule has 2 heterocycles. The van der Waals surface area contributed by atoms with Gasteiger partial charge in [-0.05, 0) is 26.7 Å². The molecule has 0 aromatic carbocycles. The van der Waals surface area contributed by atoms with E-state index in [9.17, 15) is 9.90 Å². The fraction of sp³-hybridized carbons (Fsp3) is 0.667. The summed E-state index contributed by atoms with van der Waals surface area (Å²) in [5.74, 6) is -0.734. The maximum absolute atomic E-state index is 11.7. The molecular weight excluding hydrogens is 244 g/mol. The fourth-order valence-corrected chi connectivity index (χ4v) is 3.31. The number of carbonyl (C=O) groups excluding carboxylic acids is 1. The first kappa shape index (κ1) is 12.9. The van der Waals surface area contributed by atoms with Gasteiger partial charge in [-0.15, -0.1) is 0 Å². The Balaban J connectivity index is 1.92. The van der Waals surface area contributed by atoms with E-state index in [1.54, 1.807) is 0 Å². The molecule has 2 fully saturated rings. The van der Waals surface area contributed by atoms with Crippen molar-refractivity contribution in [1.82, 2.24) is 0 Å². The van der Waals surface area contributed by atoms with Crippen LogP contribution in [-0.2, 0) is 14.3 Å². The molecule has 1 N–H and O–H groups in total. The molecule has 0 radical (unpaired) electrons. The first-order chi connectivity index (χ1) is 8.90. The Morgan fingerprint density at radius 2 is 2.26 bits per heavy atom. The second-order valence-corrected chi connectivity index (χ2v) is 6.16. The number of epoxide rings is 1. The Kier molecular flexibility index (Phi) is 2.84. The van der Waals surface area contributed by atoms with Gasteiger partial charge >= 0.3 is 5.97 Å². The standard InChI is InChI=1S/C15H20O4/c1-8-4-5-12-15(3,19-12)7-11-13(10(16)6-8)9(2)14(17)18-11/h6,10-13,16H,2,4-5,7H2,1,3H3. The Bertz CT molecular complexity index is 467. The molecule has 0 aromatic rings. The minimum Gasteiger partial charge on any atom is -0.458 e. The molecular formula is C15H20O4. The number of aliphatic hydroxyl groups is 1. The summed E-state index contributed by atoms with van der Waals surface area (Å²) in [6.45, 7) is 7.83. The van der Waals surface area contributed by atoms with Crippen molar-refractivity contribution in [3.63, 3.8) is 0 Å². The lowest BCUT2D eigenvalue weighted by atomic mass is 9.83. The van der Waals surface area contributed by atoms with Crippen LogP contribution < -0.4 is 0 Å². The average molecular weight is 264 g/mol. The van der Waals surface area contributed by atoms with Gasteiger partial charge in [-0.1, -0.05) is 18.2 Å². The lowest BCUT2D eigenvalue weighted by molar-refractivity contribution is -0.140. The van der Waals surface area contributed by atoms with Gasteiger partial charge < -0.3 is 14.6 Å². The molecule has 104 valence electrons. The van der Waals surface area contributed by atoms with Crippen molar-refractivity contribution in [2.45, 2.75) is 57.0 Å². The van der Waals surface area contributed by atoms with Crippen molar-refractivity contribution in [2.24, 2.45) is 5.92 Å². The van der Waals surface area contributed by atoms with Crippen LogP contribution in [-0.4, -0.2) is 35.0 Å². The van der Waals surface area contributed by atoms with Crippen LogP contribution in [0.4, 0.5) is 0 Å². The van der Waals surface area contributed by atoms with E-state index in [0.29, 0.717) is 12.0 Å². The number of aliphatic hydroxyl groups excluding tert-OH is 1. The van der Waals surface area contributed by atoms with Crippen LogP contribution in [0.25, 0.3) is 0 Å². The van der Waals surface area contributed by atoms with E-state index in [1.807, 2.05) is 13.0 Å². The Morgan fingerprint density at radius 3 is 3.00 bits per heavy atom. The van der Waals surface area contributed by atoms with Crippen molar-refractivity contribution >= 4 is 5.97 Å². The minimum absolute atomic E-state index is 0.217. The van der Waals surface area contributed by atoms with Crippen LogP contribution in [0.1, 0.15) is 33.1 Å². The number of hydrogen-bond donors (Lipinski definition) is 1. The van der Waals surface area contributed by atoms with Gasteiger partial charge in [-0.25, -0.2) is 4.79 Å². The molecule has 4 nitrogen and oxygen atoms in total. The van der Waals surface area contributed by atoms with Crippen molar-refractivity contribution in [3.8, 4) is 0 Å². The number of ether oxygens (including phenoxy) is 2. The maximum atomic E-state index is 11.7. The van der Waals surface area contributed by atoms with E-state index in [0.717, 1.165) is 18.4 Å². The van der Waals surface area contributed by atoms with Crippen molar-refractivity contribution in [3.05, 3.63) is 23.8 Å². The molecule has 0 bridgehead atoms. The van der Waals surface area contributed by atoms with Crippen molar-refractivity contribution < 1.29 is 19.4 Å². The molecule has 5 unspecified atom stereocenters. The third-order valence-electron chi connectivity index (χ3n) is 4.59.